The molecule has 0 heterocycles. The molecule has 0 radical (unpaired) electrons. The summed E-state index contributed by atoms with van der Waals surface area (Å²) in [6.45, 7) is 7.73. The van der Waals surface area contributed by atoms with Crippen LogP contribution in [0.25, 0.3) is 0 Å². The van der Waals surface area contributed by atoms with Gasteiger partial charge in [-0.15, -0.1) is 0 Å². The van der Waals surface area contributed by atoms with Crippen molar-refractivity contribution in [2.24, 2.45) is 5.92 Å². The van der Waals surface area contributed by atoms with Gasteiger partial charge in [-0.1, -0.05) is 56.5 Å². The Hall–Kier alpha value is -0.570. The maximum absolute atomic E-state index is 6.26. The number of hydrogen-bond donors (Lipinski definition) is 1. The molecule has 0 saturated heterocycles. The first kappa shape index (κ1) is 17.5. The summed E-state index contributed by atoms with van der Waals surface area (Å²) in [5, 5.41) is 4.49. The molecule has 0 aliphatic rings. The Bertz CT molecular complexity index is 388. The van der Waals surface area contributed by atoms with E-state index in [4.69, 9.17) is 11.6 Å². The van der Waals surface area contributed by atoms with E-state index >= 15 is 0 Å². The molecule has 1 aromatic rings. The number of likely N-dealkylation sites (N-methyl/N-ethyl adjacent to an activating group) is 1. The van der Waals surface area contributed by atoms with E-state index in [9.17, 15) is 0 Å². The Balaban J connectivity index is 2.66. The van der Waals surface area contributed by atoms with Crippen LogP contribution < -0.4 is 5.32 Å². The third-order valence-corrected chi connectivity index (χ3v) is 4.61. The minimum Gasteiger partial charge on any atom is -0.309 e. The maximum Gasteiger partial charge on any atom is 0.0453 e. The topological polar surface area (TPSA) is 15.3 Å². The number of benzene rings is 1. The van der Waals surface area contributed by atoms with Gasteiger partial charge in [0.05, 0.1) is 0 Å². The van der Waals surface area contributed by atoms with Crippen LogP contribution in [0.2, 0.25) is 5.02 Å². The van der Waals surface area contributed by atoms with Crippen LogP contribution in [0.1, 0.15) is 45.2 Å². The first-order valence-corrected chi connectivity index (χ1v) is 8.03. The first-order valence-electron chi connectivity index (χ1n) is 7.65. The van der Waals surface area contributed by atoms with Gasteiger partial charge in [-0.2, -0.15) is 0 Å². The molecule has 20 heavy (non-hydrogen) atoms. The van der Waals surface area contributed by atoms with Crippen LogP contribution in [0, 0.1) is 5.92 Å². The van der Waals surface area contributed by atoms with E-state index < -0.39 is 0 Å². The van der Waals surface area contributed by atoms with Gasteiger partial charge >= 0.3 is 0 Å². The van der Waals surface area contributed by atoms with E-state index in [0.29, 0.717) is 6.04 Å². The molecule has 1 N–H and O–H groups in total. The van der Waals surface area contributed by atoms with Crippen molar-refractivity contribution in [1.82, 2.24) is 10.2 Å². The van der Waals surface area contributed by atoms with Gasteiger partial charge in [0.15, 0.2) is 0 Å². The summed E-state index contributed by atoms with van der Waals surface area (Å²) in [5.74, 6) is 0.732. The van der Waals surface area contributed by atoms with Crippen LogP contribution in [0.3, 0.4) is 0 Å². The molecule has 0 saturated carbocycles. The zero-order chi connectivity index (χ0) is 15.1. The molecule has 0 aliphatic heterocycles. The second-order valence-electron chi connectivity index (χ2n) is 5.76. The molecule has 0 fully saturated rings. The van der Waals surface area contributed by atoms with Crippen molar-refractivity contribution in [3.05, 3.63) is 34.9 Å². The van der Waals surface area contributed by atoms with Crippen molar-refractivity contribution in [1.29, 1.82) is 0 Å². The Morgan fingerprint density at radius 3 is 2.25 bits per heavy atom. The van der Waals surface area contributed by atoms with Gasteiger partial charge < -0.3 is 10.2 Å². The van der Waals surface area contributed by atoms with Gasteiger partial charge in [-0.25, -0.2) is 0 Å². The number of nitrogens with one attached hydrogen (secondary N) is 1. The van der Waals surface area contributed by atoms with E-state index in [-0.39, 0.29) is 6.04 Å². The highest BCUT2D eigenvalue weighted by Gasteiger charge is 2.21. The van der Waals surface area contributed by atoms with Crippen LogP contribution in [0.4, 0.5) is 0 Å². The van der Waals surface area contributed by atoms with Crippen molar-refractivity contribution in [2.75, 3.05) is 20.6 Å². The lowest BCUT2D eigenvalue weighted by Crippen LogP contribution is -2.43. The summed E-state index contributed by atoms with van der Waals surface area (Å²) in [6.07, 6.45) is 2.45. The molecule has 114 valence electrons. The average molecular weight is 297 g/mol. The Kier molecular flexibility index (Phi) is 7.57. The first-order chi connectivity index (χ1) is 9.51. The smallest absolute Gasteiger partial charge is 0.0453 e. The van der Waals surface area contributed by atoms with Crippen LogP contribution in [-0.2, 0) is 0 Å². The summed E-state index contributed by atoms with van der Waals surface area (Å²) in [4.78, 5) is 2.34. The lowest BCUT2D eigenvalue weighted by atomic mass is 9.93. The minimum absolute atomic E-state index is 0.278. The molecule has 2 nitrogen and oxygen atoms in total. The van der Waals surface area contributed by atoms with Crippen molar-refractivity contribution < 1.29 is 0 Å². The Morgan fingerprint density at radius 1 is 1.15 bits per heavy atom. The Labute approximate surface area is 129 Å². The van der Waals surface area contributed by atoms with Crippen molar-refractivity contribution in [3.63, 3.8) is 0 Å². The summed E-state index contributed by atoms with van der Waals surface area (Å²) < 4.78 is 0. The molecule has 2 atom stereocenters. The molecular weight excluding hydrogens is 268 g/mol. The molecule has 0 aliphatic carbocycles. The summed E-state index contributed by atoms with van der Waals surface area (Å²) in [7, 11) is 4.34. The molecule has 1 aromatic carbocycles. The van der Waals surface area contributed by atoms with Crippen LogP contribution in [-0.4, -0.2) is 31.6 Å². The standard InChI is InChI=1S/C17H29ClN2/c1-6-14(7-2)17(20(4)5)12-19-13(3)15-10-8-9-11-16(15)18/h8-11,13-14,17,19H,6-7,12H2,1-5H3. The summed E-state index contributed by atoms with van der Waals surface area (Å²) in [6, 6.07) is 8.92. The van der Waals surface area contributed by atoms with Crippen LogP contribution in [0.15, 0.2) is 24.3 Å². The number of hydrogen-bond acceptors (Lipinski definition) is 2. The van der Waals surface area contributed by atoms with E-state index in [1.54, 1.807) is 0 Å². The monoisotopic (exact) mass is 296 g/mol. The minimum atomic E-state index is 0.278. The lowest BCUT2D eigenvalue weighted by molar-refractivity contribution is 0.190. The maximum atomic E-state index is 6.26. The molecule has 1 rings (SSSR count). The van der Waals surface area contributed by atoms with E-state index in [1.807, 2.05) is 18.2 Å². The highest BCUT2D eigenvalue weighted by atomic mass is 35.5. The van der Waals surface area contributed by atoms with Crippen molar-refractivity contribution >= 4 is 11.6 Å². The van der Waals surface area contributed by atoms with Gasteiger partial charge in [0.2, 0.25) is 0 Å². The van der Waals surface area contributed by atoms with Gasteiger partial charge in [-0.05, 0) is 38.6 Å². The van der Waals surface area contributed by atoms with E-state index in [0.717, 1.165) is 17.5 Å². The highest BCUT2D eigenvalue weighted by Crippen LogP contribution is 2.23. The van der Waals surface area contributed by atoms with Gasteiger partial charge in [0.25, 0.3) is 0 Å². The summed E-state index contributed by atoms with van der Waals surface area (Å²) in [5.41, 5.74) is 1.18. The number of halogens is 1. The lowest BCUT2D eigenvalue weighted by Gasteiger charge is -2.32. The van der Waals surface area contributed by atoms with E-state index in [1.165, 1.54) is 18.4 Å². The average Bonchev–Trinajstić information content (AvgIpc) is 2.43. The third kappa shape index (κ3) is 4.76. The Morgan fingerprint density at radius 2 is 1.75 bits per heavy atom. The largest absolute Gasteiger partial charge is 0.309 e. The fraction of sp³-hybridized carbons (Fsp3) is 0.647. The fourth-order valence-corrected chi connectivity index (χ4v) is 3.14. The summed E-state index contributed by atoms with van der Waals surface area (Å²) >= 11 is 6.26. The normalized spacial score (nSPS) is 14.8. The van der Waals surface area contributed by atoms with Crippen LogP contribution in [0.5, 0.6) is 0 Å². The predicted octanol–water partition coefficient (Wildman–Crippen LogP) is 4.36. The van der Waals surface area contributed by atoms with Gasteiger partial charge in [0, 0.05) is 23.7 Å². The van der Waals surface area contributed by atoms with Crippen LogP contribution >= 0.6 is 11.6 Å². The zero-order valence-electron chi connectivity index (χ0n) is 13.5. The zero-order valence-corrected chi connectivity index (χ0v) is 14.2. The SMILES string of the molecule is CCC(CC)C(CNC(C)c1ccccc1Cl)N(C)C. The van der Waals surface area contributed by atoms with Gasteiger partial charge in [-0.3, -0.25) is 0 Å². The quantitative estimate of drug-likeness (QED) is 0.767. The molecule has 0 spiro atoms. The number of rotatable bonds is 8. The third-order valence-electron chi connectivity index (χ3n) is 4.26. The van der Waals surface area contributed by atoms with E-state index in [2.05, 4.69) is 51.1 Å². The van der Waals surface area contributed by atoms with Crippen molar-refractivity contribution in [3.8, 4) is 0 Å². The second kappa shape index (κ2) is 8.66. The molecule has 2 unspecified atom stereocenters. The molecule has 3 heteroatoms. The molecule has 0 bridgehead atoms. The molecule has 0 aromatic heterocycles. The fourth-order valence-electron chi connectivity index (χ4n) is 2.84. The number of nitrogens with zero attached hydrogens (tertiary/aromatic N) is 1. The second-order valence-corrected chi connectivity index (χ2v) is 6.17. The molecule has 0 amide bonds. The predicted molar refractivity (Wildman–Crippen MR) is 89.4 cm³/mol. The molecular formula is C17H29ClN2. The highest BCUT2D eigenvalue weighted by molar-refractivity contribution is 6.31. The van der Waals surface area contributed by atoms with Gasteiger partial charge in [0.1, 0.15) is 0 Å². The van der Waals surface area contributed by atoms with Crippen molar-refractivity contribution in [2.45, 2.75) is 45.7 Å².